The maximum absolute atomic E-state index is 4.40. The molecular weight excluding hydrogens is 306 g/mol. The summed E-state index contributed by atoms with van der Waals surface area (Å²) in [6.07, 6.45) is 0. The highest BCUT2D eigenvalue weighted by molar-refractivity contribution is 5.99. The lowest BCUT2D eigenvalue weighted by Crippen LogP contribution is -2.34. The van der Waals surface area contributed by atoms with Gasteiger partial charge in [0.15, 0.2) is 0 Å². The van der Waals surface area contributed by atoms with Gasteiger partial charge in [-0.2, -0.15) is 0 Å². The Labute approximate surface area is 149 Å². The minimum Gasteiger partial charge on any atom is -0.357 e. The summed E-state index contributed by atoms with van der Waals surface area (Å²) in [5.41, 5.74) is 4.76. The summed E-state index contributed by atoms with van der Waals surface area (Å²) in [5.74, 6) is 0.887. The van der Waals surface area contributed by atoms with Gasteiger partial charge in [-0.15, -0.1) is 0 Å². The maximum atomic E-state index is 4.40. The first kappa shape index (κ1) is 16.9. The quantitative estimate of drug-likeness (QED) is 0.310. The number of rotatable bonds is 6. The van der Waals surface area contributed by atoms with Gasteiger partial charge in [-0.3, -0.25) is 10.3 Å². The molecular formula is C22H23N3. The summed E-state index contributed by atoms with van der Waals surface area (Å²) in [4.78, 5) is 4.40. The molecule has 0 aromatic heterocycles. The smallest absolute Gasteiger partial charge is 0.129 e. The Morgan fingerprint density at radius 2 is 1.48 bits per heavy atom. The predicted octanol–water partition coefficient (Wildman–Crippen LogP) is 4.07. The molecule has 0 atom stereocenters. The minimum absolute atomic E-state index is 0.664. The predicted molar refractivity (Wildman–Crippen MR) is 106 cm³/mol. The average molecular weight is 329 g/mol. The van der Waals surface area contributed by atoms with Gasteiger partial charge >= 0.3 is 0 Å². The van der Waals surface area contributed by atoms with Gasteiger partial charge < -0.3 is 5.32 Å². The largest absolute Gasteiger partial charge is 0.357 e. The second-order valence-corrected chi connectivity index (χ2v) is 5.78. The number of hydrogen-bond acceptors (Lipinski definition) is 2. The number of hydrogen-bond donors (Lipinski definition) is 2. The van der Waals surface area contributed by atoms with Gasteiger partial charge in [0, 0.05) is 19.2 Å². The molecule has 0 amide bonds. The Bertz CT molecular complexity index is 811. The van der Waals surface area contributed by atoms with Crippen LogP contribution in [0.1, 0.15) is 11.1 Å². The van der Waals surface area contributed by atoms with E-state index in [2.05, 4.69) is 88.4 Å². The van der Waals surface area contributed by atoms with E-state index in [9.17, 15) is 0 Å². The monoisotopic (exact) mass is 329 g/mol. The topological polar surface area (TPSA) is 36.4 Å². The van der Waals surface area contributed by atoms with Crippen molar-refractivity contribution in [2.45, 2.75) is 6.54 Å². The second kappa shape index (κ2) is 8.81. The molecule has 126 valence electrons. The van der Waals surface area contributed by atoms with Crippen LogP contribution in [0.25, 0.3) is 11.1 Å². The first-order valence-electron chi connectivity index (χ1n) is 8.48. The van der Waals surface area contributed by atoms with Crippen molar-refractivity contribution in [3.05, 3.63) is 96.1 Å². The van der Waals surface area contributed by atoms with Gasteiger partial charge in [0.1, 0.15) is 5.84 Å². The van der Waals surface area contributed by atoms with Crippen LogP contribution in [0.2, 0.25) is 0 Å². The van der Waals surface area contributed by atoms with Crippen molar-refractivity contribution in [2.24, 2.45) is 4.99 Å². The number of aliphatic imine (C=N–C) groups is 1. The Hall–Kier alpha value is -2.91. The van der Waals surface area contributed by atoms with Crippen molar-refractivity contribution in [1.29, 1.82) is 0 Å². The molecule has 0 radical (unpaired) electrons. The average Bonchev–Trinajstić information content (AvgIpc) is 2.70. The normalized spacial score (nSPS) is 11.3. The fourth-order valence-electron chi connectivity index (χ4n) is 2.74. The molecule has 3 aromatic rings. The molecule has 0 aliphatic heterocycles. The number of amidine groups is 1. The summed E-state index contributed by atoms with van der Waals surface area (Å²) < 4.78 is 0. The van der Waals surface area contributed by atoms with Crippen LogP contribution < -0.4 is 10.6 Å². The third-order valence-electron chi connectivity index (χ3n) is 4.02. The number of benzene rings is 3. The third kappa shape index (κ3) is 4.78. The molecule has 0 aliphatic carbocycles. The zero-order chi connectivity index (χ0) is 17.3. The van der Waals surface area contributed by atoms with Gasteiger partial charge in [0.2, 0.25) is 0 Å². The molecule has 0 heterocycles. The summed E-state index contributed by atoms with van der Waals surface area (Å²) >= 11 is 0. The first-order chi connectivity index (χ1) is 12.4. The highest BCUT2D eigenvalue weighted by Gasteiger charge is 2.04. The van der Waals surface area contributed by atoms with E-state index in [1.807, 2.05) is 19.2 Å². The van der Waals surface area contributed by atoms with Crippen LogP contribution in [0.5, 0.6) is 0 Å². The van der Waals surface area contributed by atoms with Crippen molar-refractivity contribution in [3.63, 3.8) is 0 Å². The molecule has 0 fully saturated rings. The molecule has 0 unspecified atom stereocenters. The molecule has 0 saturated heterocycles. The second-order valence-electron chi connectivity index (χ2n) is 5.78. The van der Waals surface area contributed by atoms with Crippen molar-refractivity contribution in [2.75, 3.05) is 13.7 Å². The van der Waals surface area contributed by atoms with Crippen LogP contribution in [0.4, 0.5) is 0 Å². The summed E-state index contributed by atoms with van der Waals surface area (Å²) in [5, 5.41) is 6.76. The van der Waals surface area contributed by atoms with Crippen LogP contribution in [0, 0.1) is 0 Å². The van der Waals surface area contributed by atoms with Crippen LogP contribution >= 0.6 is 0 Å². The van der Waals surface area contributed by atoms with Gasteiger partial charge in [-0.1, -0.05) is 78.9 Å². The third-order valence-corrected chi connectivity index (χ3v) is 4.02. The lowest BCUT2D eigenvalue weighted by molar-refractivity contribution is 0.665. The van der Waals surface area contributed by atoms with E-state index in [0.717, 1.165) is 17.9 Å². The fraction of sp³-hybridized carbons (Fsp3) is 0.136. The van der Waals surface area contributed by atoms with Crippen molar-refractivity contribution in [3.8, 4) is 11.1 Å². The van der Waals surface area contributed by atoms with E-state index in [4.69, 9.17) is 0 Å². The molecule has 0 bridgehead atoms. The molecule has 3 nitrogen and oxygen atoms in total. The molecule has 0 saturated carbocycles. The SMILES string of the molecule is CN=C(NCNCc1ccccc1)c1cccc(-c2ccccc2)c1. The van der Waals surface area contributed by atoms with Gasteiger partial charge in [-0.05, 0) is 22.8 Å². The van der Waals surface area contributed by atoms with E-state index < -0.39 is 0 Å². The molecule has 0 aliphatic rings. The van der Waals surface area contributed by atoms with Gasteiger partial charge in [0.25, 0.3) is 0 Å². The van der Waals surface area contributed by atoms with Crippen LogP contribution in [0.3, 0.4) is 0 Å². The lowest BCUT2D eigenvalue weighted by atomic mass is 10.0. The highest BCUT2D eigenvalue weighted by atomic mass is 15.1. The molecule has 3 heteroatoms. The standard InChI is InChI=1S/C22H23N3/c1-23-22(25-17-24-16-18-9-4-2-5-10-18)21-14-8-13-20(15-21)19-11-6-3-7-12-19/h2-15,24H,16-17H2,1H3,(H,23,25). The van der Waals surface area contributed by atoms with Crippen molar-refractivity contribution >= 4 is 5.84 Å². The van der Waals surface area contributed by atoms with E-state index in [1.165, 1.54) is 16.7 Å². The van der Waals surface area contributed by atoms with E-state index in [-0.39, 0.29) is 0 Å². The molecule has 2 N–H and O–H groups in total. The zero-order valence-corrected chi connectivity index (χ0v) is 14.4. The van der Waals surface area contributed by atoms with Crippen molar-refractivity contribution in [1.82, 2.24) is 10.6 Å². The first-order valence-corrected chi connectivity index (χ1v) is 8.48. The molecule has 3 aromatic carbocycles. The Morgan fingerprint density at radius 1 is 0.800 bits per heavy atom. The highest BCUT2D eigenvalue weighted by Crippen LogP contribution is 2.20. The number of nitrogens with zero attached hydrogens (tertiary/aromatic N) is 1. The molecule has 25 heavy (non-hydrogen) atoms. The van der Waals surface area contributed by atoms with Crippen LogP contribution in [-0.4, -0.2) is 19.6 Å². The van der Waals surface area contributed by atoms with E-state index in [1.54, 1.807) is 0 Å². The Morgan fingerprint density at radius 3 is 2.20 bits per heavy atom. The minimum atomic E-state index is 0.664. The molecule has 0 spiro atoms. The Balaban J connectivity index is 1.61. The summed E-state index contributed by atoms with van der Waals surface area (Å²) in [6, 6.07) is 29.2. The summed E-state index contributed by atoms with van der Waals surface area (Å²) in [6.45, 7) is 1.49. The van der Waals surface area contributed by atoms with E-state index in [0.29, 0.717) is 6.67 Å². The van der Waals surface area contributed by atoms with Gasteiger partial charge in [0.05, 0.1) is 6.67 Å². The Kier molecular flexibility index (Phi) is 5.96. The maximum Gasteiger partial charge on any atom is 0.129 e. The summed E-state index contributed by atoms with van der Waals surface area (Å²) in [7, 11) is 1.81. The number of nitrogens with one attached hydrogen (secondary N) is 2. The van der Waals surface area contributed by atoms with Crippen LogP contribution in [-0.2, 0) is 6.54 Å². The fourth-order valence-corrected chi connectivity index (χ4v) is 2.74. The van der Waals surface area contributed by atoms with Crippen LogP contribution in [0.15, 0.2) is 89.9 Å². The molecule has 3 rings (SSSR count). The van der Waals surface area contributed by atoms with Gasteiger partial charge in [-0.25, -0.2) is 0 Å². The van der Waals surface area contributed by atoms with E-state index >= 15 is 0 Å². The lowest BCUT2D eigenvalue weighted by Gasteiger charge is -2.12. The van der Waals surface area contributed by atoms with Crippen molar-refractivity contribution < 1.29 is 0 Å². The zero-order valence-electron chi connectivity index (χ0n) is 14.4.